The second-order valence-corrected chi connectivity index (χ2v) is 4.29. The number of benzene rings is 1. The number of rotatable bonds is 2. The van der Waals surface area contributed by atoms with Crippen LogP contribution in [0.4, 0.5) is 4.39 Å². The van der Waals surface area contributed by atoms with Gasteiger partial charge in [0.1, 0.15) is 11.5 Å². The van der Waals surface area contributed by atoms with Gasteiger partial charge in [0, 0.05) is 10.5 Å². The Labute approximate surface area is 104 Å². The van der Waals surface area contributed by atoms with Crippen molar-refractivity contribution in [1.29, 1.82) is 0 Å². The van der Waals surface area contributed by atoms with Gasteiger partial charge in [0.25, 0.3) is 0 Å². The van der Waals surface area contributed by atoms with E-state index in [-0.39, 0.29) is 17.0 Å². The van der Waals surface area contributed by atoms with Crippen molar-refractivity contribution in [3.8, 4) is 11.3 Å². The van der Waals surface area contributed by atoms with E-state index in [1.54, 1.807) is 19.1 Å². The summed E-state index contributed by atoms with van der Waals surface area (Å²) in [6.07, 6.45) is 0. The third-order valence-electron chi connectivity index (χ3n) is 2.26. The minimum absolute atomic E-state index is 0.149. The third-order valence-corrected chi connectivity index (χ3v) is 2.92. The molecule has 1 N–H and O–H groups in total. The summed E-state index contributed by atoms with van der Waals surface area (Å²) >= 11 is 3.20. The lowest BCUT2D eigenvalue weighted by Crippen LogP contribution is -1.92. The van der Waals surface area contributed by atoms with Crippen LogP contribution >= 0.6 is 15.9 Å². The molecular weight excluding hydrogens is 293 g/mol. The SMILES string of the molecule is Cc1ccc(Br)c(-c2cc(C(=O)O)on2)c1F. The van der Waals surface area contributed by atoms with E-state index in [0.717, 1.165) is 0 Å². The van der Waals surface area contributed by atoms with Crippen molar-refractivity contribution >= 4 is 21.9 Å². The lowest BCUT2D eigenvalue weighted by atomic mass is 10.1. The third kappa shape index (κ3) is 2.08. The summed E-state index contributed by atoms with van der Waals surface area (Å²) in [4.78, 5) is 10.6. The zero-order valence-corrected chi connectivity index (χ0v) is 10.3. The van der Waals surface area contributed by atoms with Crippen LogP contribution in [0, 0.1) is 12.7 Å². The summed E-state index contributed by atoms with van der Waals surface area (Å²) in [6, 6.07) is 4.47. The highest BCUT2D eigenvalue weighted by molar-refractivity contribution is 9.10. The Balaban J connectivity index is 2.60. The molecule has 0 atom stereocenters. The lowest BCUT2D eigenvalue weighted by molar-refractivity contribution is 0.0652. The number of aromatic carboxylic acids is 1. The van der Waals surface area contributed by atoms with E-state index in [9.17, 15) is 9.18 Å². The van der Waals surface area contributed by atoms with Gasteiger partial charge in [-0.3, -0.25) is 0 Å². The average Bonchev–Trinajstić information content (AvgIpc) is 2.73. The number of carboxylic acids is 1. The first-order valence-electron chi connectivity index (χ1n) is 4.65. The van der Waals surface area contributed by atoms with Crippen LogP contribution in [0.5, 0.6) is 0 Å². The molecule has 17 heavy (non-hydrogen) atoms. The van der Waals surface area contributed by atoms with Gasteiger partial charge in [0.05, 0.1) is 5.56 Å². The summed E-state index contributed by atoms with van der Waals surface area (Å²) in [6.45, 7) is 1.61. The molecule has 0 aliphatic rings. The number of halogens is 2. The molecule has 0 amide bonds. The van der Waals surface area contributed by atoms with Gasteiger partial charge in [-0.15, -0.1) is 0 Å². The molecule has 88 valence electrons. The molecule has 2 rings (SSSR count). The van der Waals surface area contributed by atoms with Crippen LogP contribution in [0.1, 0.15) is 16.1 Å². The van der Waals surface area contributed by atoms with E-state index < -0.39 is 11.8 Å². The number of hydrogen-bond acceptors (Lipinski definition) is 3. The fraction of sp³-hybridized carbons (Fsp3) is 0.0909. The molecule has 0 bridgehead atoms. The summed E-state index contributed by atoms with van der Waals surface area (Å²) in [5.74, 6) is -2.02. The van der Waals surface area contributed by atoms with Gasteiger partial charge in [-0.1, -0.05) is 11.2 Å². The number of aryl methyl sites for hydroxylation is 1. The standard InChI is InChI=1S/C11H7BrFNO3/c1-5-2-3-6(12)9(10(5)13)7-4-8(11(15)16)17-14-7/h2-4H,1H3,(H,15,16). The first-order chi connectivity index (χ1) is 8.00. The highest BCUT2D eigenvalue weighted by Gasteiger charge is 2.18. The molecule has 0 saturated carbocycles. The molecule has 0 fully saturated rings. The Morgan fingerprint density at radius 3 is 2.82 bits per heavy atom. The maximum atomic E-state index is 13.9. The van der Waals surface area contributed by atoms with Crippen LogP contribution < -0.4 is 0 Å². The highest BCUT2D eigenvalue weighted by atomic mass is 79.9. The first-order valence-corrected chi connectivity index (χ1v) is 5.45. The van der Waals surface area contributed by atoms with Crippen molar-refractivity contribution in [2.75, 3.05) is 0 Å². The number of carboxylic acid groups (broad SMARTS) is 1. The van der Waals surface area contributed by atoms with E-state index in [0.29, 0.717) is 10.0 Å². The van der Waals surface area contributed by atoms with Gasteiger partial charge < -0.3 is 9.63 Å². The molecule has 1 aromatic carbocycles. The number of nitrogens with zero attached hydrogens (tertiary/aromatic N) is 1. The Kier molecular flexibility index (Phi) is 2.97. The molecule has 0 aliphatic carbocycles. The lowest BCUT2D eigenvalue weighted by Gasteiger charge is -2.04. The second-order valence-electron chi connectivity index (χ2n) is 3.43. The maximum Gasteiger partial charge on any atom is 0.374 e. The van der Waals surface area contributed by atoms with E-state index in [2.05, 4.69) is 25.6 Å². The Morgan fingerprint density at radius 2 is 2.24 bits per heavy atom. The topological polar surface area (TPSA) is 63.3 Å². The highest BCUT2D eigenvalue weighted by Crippen LogP contribution is 2.32. The molecule has 0 aliphatic heterocycles. The van der Waals surface area contributed by atoms with Crippen LogP contribution in [0.25, 0.3) is 11.3 Å². The summed E-state index contributed by atoms with van der Waals surface area (Å²) < 4.78 is 19.0. The smallest absolute Gasteiger partial charge is 0.374 e. The predicted molar refractivity (Wildman–Crippen MR) is 61.3 cm³/mol. The van der Waals surface area contributed by atoms with Gasteiger partial charge in [0.15, 0.2) is 0 Å². The maximum absolute atomic E-state index is 13.9. The predicted octanol–water partition coefficient (Wildman–Crippen LogP) is 3.25. The average molecular weight is 300 g/mol. The van der Waals surface area contributed by atoms with Gasteiger partial charge in [0.2, 0.25) is 5.76 Å². The molecule has 2 aromatic rings. The molecule has 0 radical (unpaired) electrons. The zero-order chi connectivity index (χ0) is 12.6. The van der Waals surface area contributed by atoms with Crippen molar-refractivity contribution in [3.63, 3.8) is 0 Å². The first kappa shape index (κ1) is 11.8. The van der Waals surface area contributed by atoms with Gasteiger partial charge in [-0.05, 0) is 34.5 Å². The van der Waals surface area contributed by atoms with Crippen LogP contribution in [0.15, 0.2) is 27.2 Å². The number of aromatic nitrogens is 1. The van der Waals surface area contributed by atoms with Crippen molar-refractivity contribution < 1.29 is 18.8 Å². The monoisotopic (exact) mass is 299 g/mol. The van der Waals surface area contributed by atoms with Crippen LogP contribution in [0.3, 0.4) is 0 Å². The molecule has 0 unspecified atom stereocenters. The van der Waals surface area contributed by atoms with Crippen molar-refractivity contribution in [3.05, 3.63) is 39.8 Å². The van der Waals surface area contributed by atoms with Crippen molar-refractivity contribution in [1.82, 2.24) is 5.16 Å². The van der Waals surface area contributed by atoms with Crippen LogP contribution in [-0.2, 0) is 0 Å². The van der Waals surface area contributed by atoms with E-state index in [4.69, 9.17) is 5.11 Å². The molecule has 0 spiro atoms. The number of carbonyl (C=O) groups is 1. The zero-order valence-electron chi connectivity index (χ0n) is 8.70. The van der Waals surface area contributed by atoms with Gasteiger partial charge >= 0.3 is 5.97 Å². The summed E-state index contributed by atoms with van der Waals surface area (Å²) in [7, 11) is 0. The van der Waals surface area contributed by atoms with Gasteiger partial charge in [-0.2, -0.15) is 0 Å². The quantitative estimate of drug-likeness (QED) is 0.924. The van der Waals surface area contributed by atoms with E-state index in [1.807, 2.05) is 0 Å². The van der Waals surface area contributed by atoms with E-state index >= 15 is 0 Å². The minimum Gasteiger partial charge on any atom is -0.475 e. The molecule has 1 heterocycles. The number of hydrogen-bond donors (Lipinski definition) is 1. The van der Waals surface area contributed by atoms with E-state index in [1.165, 1.54) is 6.07 Å². The molecule has 0 saturated heterocycles. The summed E-state index contributed by atoms with van der Waals surface area (Å²) in [5, 5.41) is 12.2. The minimum atomic E-state index is -1.24. The molecule has 6 heteroatoms. The Hall–Kier alpha value is -1.69. The van der Waals surface area contributed by atoms with Crippen molar-refractivity contribution in [2.24, 2.45) is 0 Å². The fourth-order valence-electron chi connectivity index (χ4n) is 1.39. The second kappa shape index (κ2) is 4.29. The molecule has 4 nitrogen and oxygen atoms in total. The fourth-order valence-corrected chi connectivity index (χ4v) is 1.89. The Morgan fingerprint density at radius 1 is 1.53 bits per heavy atom. The van der Waals surface area contributed by atoms with Crippen LogP contribution in [-0.4, -0.2) is 16.2 Å². The van der Waals surface area contributed by atoms with Crippen molar-refractivity contribution in [2.45, 2.75) is 6.92 Å². The molecular formula is C11H7BrFNO3. The Bertz CT molecular complexity index is 594. The van der Waals surface area contributed by atoms with Crippen LogP contribution in [0.2, 0.25) is 0 Å². The van der Waals surface area contributed by atoms with Gasteiger partial charge in [-0.25, -0.2) is 9.18 Å². The largest absolute Gasteiger partial charge is 0.475 e. The molecule has 1 aromatic heterocycles. The summed E-state index contributed by atoms with van der Waals surface area (Å²) in [5.41, 5.74) is 0.791. The normalized spacial score (nSPS) is 10.5.